The molecule has 0 radical (unpaired) electrons. The molecule has 0 spiro atoms. The van der Waals surface area contributed by atoms with Crippen LogP contribution in [0.3, 0.4) is 0 Å². The topological polar surface area (TPSA) is 82.4 Å². The van der Waals surface area contributed by atoms with Gasteiger partial charge in [0.1, 0.15) is 11.5 Å². The molecular formula is C23H23Cl2N3O4. The van der Waals surface area contributed by atoms with Gasteiger partial charge in [0.05, 0.1) is 34.9 Å². The average Bonchev–Trinajstić information content (AvgIpc) is 2.78. The number of aromatic nitrogens is 2. The second-order valence-corrected chi connectivity index (χ2v) is 8.60. The van der Waals surface area contributed by atoms with Crippen LogP contribution in [0.1, 0.15) is 19.3 Å². The standard InChI is InChI=1S/C23H23Cl2N3O4/c1-31-21-3-2-8-26-20(21)9-15(29)12-28-13-27-19-11-18(25)22(10-17(19)23(28)30)32-16-6-4-14(24)5-7-16/h4-7,10-11,13,20-21,26H,2-3,8-9,12H2,1H3. The Hall–Kier alpha value is -2.45. The number of hydrogen-bond acceptors (Lipinski definition) is 6. The average molecular weight is 476 g/mol. The van der Waals surface area contributed by atoms with Gasteiger partial charge >= 0.3 is 0 Å². The van der Waals surface area contributed by atoms with E-state index >= 15 is 0 Å². The van der Waals surface area contributed by atoms with Gasteiger partial charge in [-0.3, -0.25) is 14.2 Å². The molecule has 1 fully saturated rings. The highest BCUT2D eigenvalue weighted by molar-refractivity contribution is 6.32. The number of carbonyl (C=O) groups is 1. The van der Waals surface area contributed by atoms with Crippen LogP contribution < -0.4 is 15.6 Å². The molecule has 3 aromatic rings. The lowest BCUT2D eigenvalue weighted by atomic mass is 9.96. The molecule has 2 heterocycles. The van der Waals surface area contributed by atoms with Gasteiger partial charge in [-0.1, -0.05) is 23.2 Å². The normalized spacial score (nSPS) is 18.6. The monoisotopic (exact) mass is 475 g/mol. The summed E-state index contributed by atoms with van der Waals surface area (Å²) in [7, 11) is 1.65. The minimum atomic E-state index is -0.333. The molecule has 1 aromatic heterocycles. The lowest BCUT2D eigenvalue weighted by Gasteiger charge is -2.31. The van der Waals surface area contributed by atoms with E-state index < -0.39 is 0 Å². The molecule has 1 aliphatic heterocycles. The van der Waals surface area contributed by atoms with Gasteiger partial charge < -0.3 is 14.8 Å². The van der Waals surface area contributed by atoms with Crippen molar-refractivity contribution in [3.63, 3.8) is 0 Å². The first-order valence-electron chi connectivity index (χ1n) is 10.3. The molecule has 0 bridgehead atoms. The van der Waals surface area contributed by atoms with E-state index in [1.54, 1.807) is 43.5 Å². The SMILES string of the molecule is COC1CCCNC1CC(=O)Cn1cnc2cc(Cl)c(Oc3ccc(Cl)cc3)cc2c1=O. The van der Waals surface area contributed by atoms with Crippen LogP contribution in [0.4, 0.5) is 0 Å². The van der Waals surface area contributed by atoms with Crippen LogP contribution in [-0.4, -0.2) is 41.1 Å². The quantitative estimate of drug-likeness (QED) is 0.550. The van der Waals surface area contributed by atoms with E-state index in [0.717, 1.165) is 19.4 Å². The maximum absolute atomic E-state index is 13.1. The summed E-state index contributed by atoms with van der Waals surface area (Å²) in [6.07, 6.45) is 3.58. The number of hydrogen-bond donors (Lipinski definition) is 1. The summed E-state index contributed by atoms with van der Waals surface area (Å²) in [6.45, 7) is 0.791. The number of benzene rings is 2. The van der Waals surface area contributed by atoms with Crippen LogP contribution in [0.25, 0.3) is 10.9 Å². The Morgan fingerprint density at radius 1 is 1.25 bits per heavy atom. The Kier molecular flexibility index (Phi) is 7.10. The number of ketones is 1. The van der Waals surface area contributed by atoms with Crippen LogP contribution in [0.5, 0.6) is 11.5 Å². The van der Waals surface area contributed by atoms with E-state index in [0.29, 0.717) is 32.4 Å². The van der Waals surface area contributed by atoms with Gasteiger partial charge in [0.15, 0.2) is 5.78 Å². The van der Waals surface area contributed by atoms with E-state index in [-0.39, 0.29) is 36.5 Å². The molecule has 0 aliphatic carbocycles. The van der Waals surface area contributed by atoms with Crippen LogP contribution in [-0.2, 0) is 16.1 Å². The Morgan fingerprint density at radius 3 is 2.78 bits per heavy atom. The third-order valence-corrected chi connectivity index (χ3v) is 6.08. The highest BCUT2D eigenvalue weighted by Gasteiger charge is 2.26. The molecule has 1 saturated heterocycles. The molecule has 1 aliphatic rings. The highest BCUT2D eigenvalue weighted by atomic mass is 35.5. The molecule has 2 atom stereocenters. The van der Waals surface area contributed by atoms with E-state index in [1.807, 2.05) is 0 Å². The first-order valence-corrected chi connectivity index (χ1v) is 11.1. The Balaban J connectivity index is 1.55. The summed E-state index contributed by atoms with van der Waals surface area (Å²) in [5.41, 5.74) is 0.0985. The van der Waals surface area contributed by atoms with Crippen molar-refractivity contribution in [2.24, 2.45) is 0 Å². The fourth-order valence-corrected chi connectivity index (χ4v) is 4.21. The fourth-order valence-electron chi connectivity index (χ4n) is 3.89. The Morgan fingerprint density at radius 2 is 2.03 bits per heavy atom. The minimum absolute atomic E-state index is 0.00568. The maximum Gasteiger partial charge on any atom is 0.261 e. The van der Waals surface area contributed by atoms with Crippen molar-refractivity contribution in [2.75, 3.05) is 13.7 Å². The summed E-state index contributed by atoms with van der Waals surface area (Å²) in [5, 5.41) is 4.56. The molecule has 2 unspecified atom stereocenters. The number of methoxy groups -OCH3 is 1. The number of Topliss-reactive ketones (excluding diaryl/α,β-unsaturated/α-hetero) is 1. The zero-order chi connectivity index (χ0) is 22.7. The molecule has 32 heavy (non-hydrogen) atoms. The van der Waals surface area contributed by atoms with Crippen molar-refractivity contribution in [2.45, 2.75) is 38.0 Å². The van der Waals surface area contributed by atoms with Crippen LogP contribution in [0, 0.1) is 0 Å². The van der Waals surface area contributed by atoms with Gasteiger partial charge in [0.25, 0.3) is 5.56 Å². The predicted octanol–water partition coefficient (Wildman–Crippen LogP) is 4.22. The number of ether oxygens (including phenoxy) is 2. The van der Waals surface area contributed by atoms with Crippen molar-refractivity contribution in [3.8, 4) is 11.5 Å². The molecule has 7 nitrogen and oxygen atoms in total. The smallest absolute Gasteiger partial charge is 0.261 e. The van der Waals surface area contributed by atoms with Gasteiger partial charge in [-0.05, 0) is 55.8 Å². The fraction of sp³-hybridized carbons (Fsp3) is 0.348. The van der Waals surface area contributed by atoms with Gasteiger partial charge in [-0.25, -0.2) is 4.98 Å². The molecule has 2 aromatic carbocycles. The van der Waals surface area contributed by atoms with Gasteiger partial charge in [-0.15, -0.1) is 0 Å². The van der Waals surface area contributed by atoms with E-state index in [4.69, 9.17) is 32.7 Å². The Labute approximate surface area is 195 Å². The second kappa shape index (κ2) is 10.0. The molecule has 4 rings (SSSR count). The van der Waals surface area contributed by atoms with Gasteiger partial charge in [-0.2, -0.15) is 0 Å². The van der Waals surface area contributed by atoms with E-state index in [9.17, 15) is 9.59 Å². The third-order valence-electron chi connectivity index (χ3n) is 5.54. The zero-order valence-electron chi connectivity index (χ0n) is 17.5. The predicted molar refractivity (Wildman–Crippen MR) is 124 cm³/mol. The Bertz CT molecular complexity index is 1180. The largest absolute Gasteiger partial charge is 0.456 e. The summed E-state index contributed by atoms with van der Waals surface area (Å²) < 4.78 is 12.6. The molecule has 168 valence electrons. The van der Waals surface area contributed by atoms with Crippen LogP contribution >= 0.6 is 23.2 Å². The number of nitrogens with zero attached hydrogens (tertiary/aromatic N) is 2. The first-order chi connectivity index (χ1) is 15.4. The van der Waals surface area contributed by atoms with Crippen molar-refractivity contribution in [1.29, 1.82) is 0 Å². The molecule has 0 saturated carbocycles. The van der Waals surface area contributed by atoms with Gasteiger partial charge in [0, 0.05) is 24.6 Å². The number of carbonyl (C=O) groups excluding carboxylic acids is 1. The number of piperidine rings is 1. The third kappa shape index (κ3) is 5.13. The van der Waals surface area contributed by atoms with Crippen molar-refractivity contribution >= 4 is 39.9 Å². The maximum atomic E-state index is 13.1. The van der Waals surface area contributed by atoms with Crippen LogP contribution in [0.15, 0.2) is 47.5 Å². The molecule has 0 amide bonds. The lowest BCUT2D eigenvalue weighted by molar-refractivity contribution is -0.121. The summed E-state index contributed by atoms with van der Waals surface area (Å²) in [6, 6.07) is 9.87. The van der Waals surface area contributed by atoms with E-state index in [1.165, 1.54) is 10.9 Å². The number of nitrogens with one attached hydrogen (secondary N) is 1. The molecular weight excluding hydrogens is 453 g/mol. The second-order valence-electron chi connectivity index (χ2n) is 7.75. The van der Waals surface area contributed by atoms with Crippen molar-refractivity contribution in [3.05, 3.63) is 63.1 Å². The zero-order valence-corrected chi connectivity index (χ0v) is 19.0. The summed E-state index contributed by atoms with van der Waals surface area (Å²) >= 11 is 12.2. The number of fused-ring (bicyclic) bond motifs is 1. The van der Waals surface area contributed by atoms with E-state index in [2.05, 4.69) is 10.3 Å². The highest BCUT2D eigenvalue weighted by Crippen LogP contribution is 2.32. The lowest BCUT2D eigenvalue weighted by Crippen LogP contribution is -2.47. The van der Waals surface area contributed by atoms with Crippen molar-refractivity contribution in [1.82, 2.24) is 14.9 Å². The number of rotatable bonds is 7. The van der Waals surface area contributed by atoms with Crippen molar-refractivity contribution < 1.29 is 14.3 Å². The number of halogens is 2. The molecule has 1 N–H and O–H groups in total. The molecule has 9 heteroatoms. The summed E-state index contributed by atoms with van der Waals surface area (Å²) in [5.74, 6) is 0.780. The minimum Gasteiger partial charge on any atom is -0.456 e. The van der Waals surface area contributed by atoms with Gasteiger partial charge in [0.2, 0.25) is 0 Å². The summed E-state index contributed by atoms with van der Waals surface area (Å²) in [4.78, 5) is 30.0. The van der Waals surface area contributed by atoms with Crippen LogP contribution in [0.2, 0.25) is 10.0 Å². The first kappa shape index (κ1) is 22.7.